The molecule has 0 aliphatic carbocycles. The monoisotopic (exact) mass is 305 g/mol. The summed E-state index contributed by atoms with van der Waals surface area (Å²) in [5, 5.41) is 9.24. The molecule has 1 aliphatic heterocycles. The highest BCUT2D eigenvalue weighted by molar-refractivity contribution is 5.96. The van der Waals surface area contributed by atoms with Gasteiger partial charge in [-0.2, -0.15) is 13.2 Å². The third-order valence-electron chi connectivity index (χ3n) is 3.73. The number of benzene rings is 1. The average Bonchev–Trinajstić information content (AvgIpc) is 2.36. The number of halogens is 4. The minimum Gasteiger partial charge on any atom is -0.508 e. The largest absolute Gasteiger partial charge is 0.508 e. The van der Waals surface area contributed by atoms with Gasteiger partial charge in [0, 0.05) is 19.2 Å². The fourth-order valence-electron chi connectivity index (χ4n) is 2.56. The van der Waals surface area contributed by atoms with Crippen LogP contribution in [0.15, 0.2) is 12.1 Å². The molecule has 116 valence electrons. The molecule has 3 nitrogen and oxygen atoms in total. The normalized spacial score (nSPS) is 17.1. The lowest BCUT2D eigenvalue weighted by Crippen LogP contribution is -2.42. The quantitative estimate of drug-likeness (QED) is 0.809. The molecule has 1 heterocycles. The molecule has 21 heavy (non-hydrogen) atoms. The molecule has 0 atom stereocenters. The third kappa shape index (κ3) is 3.28. The van der Waals surface area contributed by atoms with Crippen molar-refractivity contribution in [1.29, 1.82) is 0 Å². The summed E-state index contributed by atoms with van der Waals surface area (Å²) in [6, 6.07) is 2.07. The Morgan fingerprint density at radius 3 is 2.33 bits per heavy atom. The summed E-state index contributed by atoms with van der Waals surface area (Å²) < 4.78 is 51.5. The van der Waals surface area contributed by atoms with Crippen LogP contribution >= 0.6 is 0 Å². The maximum absolute atomic E-state index is 13.8. The molecule has 2 rings (SSSR count). The molecule has 1 aromatic carbocycles. The second-order valence-corrected chi connectivity index (χ2v) is 5.23. The molecule has 0 saturated carbocycles. The van der Waals surface area contributed by atoms with Gasteiger partial charge < -0.3 is 10.0 Å². The van der Waals surface area contributed by atoms with Crippen molar-refractivity contribution in [3.05, 3.63) is 29.1 Å². The smallest absolute Gasteiger partial charge is 0.391 e. The standard InChI is InChI=1S/C14H15F4NO2/c1-8-6-10(20)7-11(15)12(8)13(21)19-4-2-9(3-5-19)14(16,17)18/h6-7,9,20H,2-5H2,1H3. The zero-order valence-corrected chi connectivity index (χ0v) is 11.4. The average molecular weight is 305 g/mol. The number of phenols is 1. The van der Waals surface area contributed by atoms with E-state index in [4.69, 9.17) is 0 Å². The highest BCUT2D eigenvalue weighted by Gasteiger charge is 2.42. The fourth-order valence-corrected chi connectivity index (χ4v) is 2.56. The van der Waals surface area contributed by atoms with Gasteiger partial charge in [-0.25, -0.2) is 4.39 Å². The molecule has 1 N–H and O–H groups in total. The molecule has 0 unspecified atom stereocenters. The van der Waals surface area contributed by atoms with E-state index in [0.29, 0.717) is 0 Å². The predicted octanol–water partition coefficient (Wildman–Crippen LogP) is 3.25. The number of phenolic OH excluding ortho intramolecular Hbond substituents is 1. The number of alkyl halides is 3. The molecule has 7 heteroatoms. The SMILES string of the molecule is Cc1cc(O)cc(F)c1C(=O)N1CCC(C(F)(F)F)CC1. The first kappa shape index (κ1) is 15.6. The molecule has 0 aromatic heterocycles. The van der Waals surface area contributed by atoms with Crippen LogP contribution in [0.1, 0.15) is 28.8 Å². The van der Waals surface area contributed by atoms with Crippen molar-refractivity contribution >= 4 is 5.91 Å². The first-order valence-corrected chi connectivity index (χ1v) is 6.55. The summed E-state index contributed by atoms with van der Waals surface area (Å²) in [5.74, 6) is -3.20. The van der Waals surface area contributed by atoms with Gasteiger partial charge in [0.25, 0.3) is 5.91 Å². The molecule has 1 aromatic rings. The number of carbonyl (C=O) groups excluding carboxylic acids is 1. The summed E-state index contributed by atoms with van der Waals surface area (Å²) in [7, 11) is 0. The number of piperidine rings is 1. The maximum atomic E-state index is 13.8. The lowest BCUT2D eigenvalue weighted by Gasteiger charge is -2.33. The van der Waals surface area contributed by atoms with Gasteiger partial charge in [0.15, 0.2) is 0 Å². The van der Waals surface area contributed by atoms with Crippen LogP contribution < -0.4 is 0 Å². The number of aryl methyl sites for hydroxylation is 1. The Bertz CT molecular complexity index is 525. The molecular formula is C14H15F4NO2. The van der Waals surface area contributed by atoms with Crippen LogP contribution in [0.4, 0.5) is 17.6 Å². The number of carbonyl (C=O) groups is 1. The summed E-state index contributed by atoms with van der Waals surface area (Å²) in [5.41, 5.74) is 0.0636. The van der Waals surface area contributed by atoms with E-state index in [2.05, 4.69) is 0 Å². The summed E-state index contributed by atoms with van der Waals surface area (Å²) in [6.45, 7) is 1.37. The van der Waals surface area contributed by atoms with Gasteiger partial charge in [-0.1, -0.05) is 0 Å². The van der Waals surface area contributed by atoms with Gasteiger partial charge >= 0.3 is 6.18 Å². The minimum absolute atomic E-state index is 0.0528. The molecule has 0 spiro atoms. The maximum Gasteiger partial charge on any atom is 0.391 e. The van der Waals surface area contributed by atoms with Crippen molar-refractivity contribution in [3.63, 3.8) is 0 Å². The van der Waals surface area contributed by atoms with Crippen LogP contribution in [-0.4, -0.2) is 35.2 Å². The molecular weight excluding hydrogens is 290 g/mol. The summed E-state index contributed by atoms with van der Waals surface area (Å²) in [4.78, 5) is 13.5. The fraction of sp³-hybridized carbons (Fsp3) is 0.500. The van der Waals surface area contributed by atoms with Crippen molar-refractivity contribution in [2.24, 2.45) is 5.92 Å². The highest BCUT2D eigenvalue weighted by Crippen LogP contribution is 2.34. The van der Waals surface area contributed by atoms with Gasteiger partial charge in [0.05, 0.1) is 11.5 Å². The molecule has 0 radical (unpaired) electrons. The van der Waals surface area contributed by atoms with Crippen LogP contribution in [-0.2, 0) is 0 Å². The number of amides is 1. The van der Waals surface area contributed by atoms with Gasteiger partial charge in [0.2, 0.25) is 0 Å². The van der Waals surface area contributed by atoms with E-state index in [1.165, 1.54) is 17.9 Å². The van der Waals surface area contributed by atoms with Gasteiger partial charge in [-0.15, -0.1) is 0 Å². The third-order valence-corrected chi connectivity index (χ3v) is 3.73. The van der Waals surface area contributed by atoms with E-state index in [-0.39, 0.29) is 42.8 Å². The van der Waals surface area contributed by atoms with Crippen LogP contribution in [0.2, 0.25) is 0 Å². The Kier molecular flexibility index (Phi) is 4.11. The number of nitrogens with zero attached hydrogens (tertiary/aromatic N) is 1. The number of hydrogen-bond acceptors (Lipinski definition) is 2. The first-order chi connectivity index (χ1) is 9.70. The number of aromatic hydroxyl groups is 1. The van der Waals surface area contributed by atoms with E-state index in [0.717, 1.165) is 6.07 Å². The first-order valence-electron chi connectivity index (χ1n) is 6.55. The van der Waals surface area contributed by atoms with E-state index in [1.807, 2.05) is 0 Å². The van der Waals surface area contributed by atoms with Gasteiger partial charge in [-0.3, -0.25) is 4.79 Å². The number of likely N-dealkylation sites (tertiary alicyclic amines) is 1. The second-order valence-electron chi connectivity index (χ2n) is 5.23. The van der Waals surface area contributed by atoms with Crippen LogP contribution in [0.5, 0.6) is 5.75 Å². The predicted molar refractivity (Wildman–Crippen MR) is 67.5 cm³/mol. The number of hydrogen-bond donors (Lipinski definition) is 1. The van der Waals surface area contributed by atoms with Crippen molar-refractivity contribution in [2.45, 2.75) is 25.9 Å². The van der Waals surface area contributed by atoms with E-state index < -0.39 is 23.8 Å². The molecule has 1 saturated heterocycles. The Labute approximate surface area is 119 Å². The highest BCUT2D eigenvalue weighted by atomic mass is 19.4. The van der Waals surface area contributed by atoms with E-state index in [9.17, 15) is 27.5 Å². The Balaban J connectivity index is 2.13. The Morgan fingerprint density at radius 2 is 1.86 bits per heavy atom. The minimum atomic E-state index is -4.26. The van der Waals surface area contributed by atoms with Crippen molar-refractivity contribution in [3.8, 4) is 5.75 Å². The lowest BCUT2D eigenvalue weighted by atomic mass is 9.95. The number of rotatable bonds is 1. The van der Waals surface area contributed by atoms with Gasteiger partial charge in [-0.05, 0) is 31.4 Å². The van der Waals surface area contributed by atoms with Crippen LogP contribution in [0, 0.1) is 18.7 Å². The second kappa shape index (κ2) is 5.54. The zero-order valence-electron chi connectivity index (χ0n) is 11.4. The Hall–Kier alpha value is -1.79. The molecule has 1 amide bonds. The summed E-state index contributed by atoms with van der Waals surface area (Å²) >= 11 is 0. The van der Waals surface area contributed by atoms with Crippen molar-refractivity contribution in [2.75, 3.05) is 13.1 Å². The Morgan fingerprint density at radius 1 is 1.29 bits per heavy atom. The van der Waals surface area contributed by atoms with E-state index >= 15 is 0 Å². The van der Waals surface area contributed by atoms with Crippen LogP contribution in [0.25, 0.3) is 0 Å². The summed E-state index contributed by atoms with van der Waals surface area (Å²) in [6.07, 6.45) is -4.60. The van der Waals surface area contributed by atoms with Crippen LogP contribution in [0.3, 0.4) is 0 Å². The lowest BCUT2D eigenvalue weighted by molar-refractivity contribution is -0.183. The van der Waals surface area contributed by atoms with Crippen molar-refractivity contribution < 1.29 is 27.5 Å². The molecule has 0 bridgehead atoms. The molecule has 1 aliphatic rings. The zero-order chi connectivity index (χ0) is 15.8. The molecule has 1 fully saturated rings. The van der Waals surface area contributed by atoms with E-state index in [1.54, 1.807) is 0 Å². The van der Waals surface area contributed by atoms with Crippen molar-refractivity contribution in [1.82, 2.24) is 4.90 Å². The van der Waals surface area contributed by atoms with Gasteiger partial charge in [0.1, 0.15) is 11.6 Å². The topological polar surface area (TPSA) is 40.5 Å².